The number of benzene rings is 1. The Morgan fingerprint density at radius 2 is 1.81 bits per heavy atom. The highest BCUT2D eigenvalue weighted by atomic mass is 35.5. The van der Waals surface area contributed by atoms with Gasteiger partial charge < -0.3 is 5.32 Å². The smallest absolute Gasteiger partial charge is 0.253 e. The zero-order chi connectivity index (χ0) is 15.8. The fourth-order valence-electron chi connectivity index (χ4n) is 3.90. The topological polar surface area (TPSA) is 29.1 Å². The van der Waals surface area contributed by atoms with Gasteiger partial charge in [-0.3, -0.25) is 4.79 Å². The number of nitrogens with one attached hydrogen (secondary N) is 1. The van der Waals surface area contributed by atoms with Crippen LogP contribution in [0.15, 0.2) is 23.1 Å². The van der Waals surface area contributed by atoms with Crippen molar-refractivity contribution in [3.05, 3.63) is 28.8 Å². The van der Waals surface area contributed by atoms with E-state index in [2.05, 4.69) is 45.6 Å². The number of rotatable bonds is 2. The molecule has 1 aromatic carbocycles. The molecule has 1 aliphatic rings. The normalized spacial score (nSPS) is 21.0. The van der Waals surface area contributed by atoms with Gasteiger partial charge in [0.15, 0.2) is 0 Å². The lowest BCUT2D eigenvalue weighted by Crippen LogP contribution is -2.46. The molecule has 0 aromatic heterocycles. The van der Waals surface area contributed by atoms with E-state index in [0.29, 0.717) is 10.6 Å². The lowest BCUT2D eigenvalue weighted by Gasteiger charge is -2.45. The van der Waals surface area contributed by atoms with Crippen LogP contribution in [0.2, 0.25) is 5.02 Å². The van der Waals surface area contributed by atoms with E-state index in [1.54, 1.807) is 18.2 Å². The maximum Gasteiger partial charge on any atom is 0.253 e. The van der Waals surface area contributed by atoms with E-state index in [9.17, 15) is 4.79 Å². The van der Waals surface area contributed by atoms with Gasteiger partial charge in [-0.05, 0) is 48.3 Å². The number of carbonyl (C=O) groups is 1. The highest BCUT2D eigenvalue weighted by Gasteiger charge is 2.39. The van der Waals surface area contributed by atoms with Gasteiger partial charge in [0.05, 0.1) is 10.6 Å². The minimum atomic E-state index is -0.102. The molecule has 1 fully saturated rings. The molecule has 1 aromatic rings. The monoisotopic (exact) mass is 325 g/mol. The maximum atomic E-state index is 12.5. The van der Waals surface area contributed by atoms with Gasteiger partial charge in [-0.15, -0.1) is 12.6 Å². The van der Waals surface area contributed by atoms with Crippen molar-refractivity contribution in [1.29, 1.82) is 0 Å². The van der Waals surface area contributed by atoms with Crippen LogP contribution in [0.4, 0.5) is 0 Å². The summed E-state index contributed by atoms with van der Waals surface area (Å²) in [5.74, 6) is -0.102. The molecule has 0 bridgehead atoms. The van der Waals surface area contributed by atoms with Crippen LogP contribution in [-0.2, 0) is 0 Å². The molecule has 2 rings (SSSR count). The summed E-state index contributed by atoms with van der Waals surface area (Å²) in [6.45, 7) is 9.09. The average molecular weight is 326 g/mol. The van der Waals surface area contributed by atoms with Crippen LogP contribution in [0.1, 0.15) is 57.3 Å². The van der Waals surface area contributed by atoms with E-state index < -0.39 is 0 Å². The van der Waals surface area contributed by atoms with E-state index in [4.69, 9.17) is 11.6 Å². The van der Waals surface area contributed by atoms with Gasteiger partial charge in [0.1, 0.15) is 0 Å². The second-order valence-electron chi connectivity index (χ2n) is 7.75. The summed E-state index contributed by atoms with van der Waals surface area (Å²) < 4.78 is 0. The number of halogens is 1. The van der Waals surface area contributed by atoms with E-state index in [-0.39, 0.29) is 22.8 Å². The predicted octanol–water partition coefficient (Wildman–Crippen LogP) is 4.96. The third kappa shape index (κ3) is 4.40. The Kier molecular flexibility index (Phi) is 4.65. The molecule has 1 aliphatic carbocycles. The first kappa shape index (κ1) is 16.7. The molecule has 1 N–H and O–H groups in total. The van der Waals surface area contributed by atoms with Gasteiger partial charge in [0, 0.05) is 10.9 Å². The van der Waals surface area contributed by atoms with Crippen LogP contribution in [0.3, 0.4) is 0 Å². The van der Waals surface area contributed by atoms with Gasteiger partial charge in [-0.2, -0.15) is 0 Å². The van der Waals surface area contributed by atoms with Gasteiger partial charge >= 0.3 is 0 Å². The Hall–Kier alpha value is -0.670. The average Bonchev–Trinajstić information content (AvgIpc) is 2.27. The van der Waals surface area contributed by atoms with Crippen molar-refractivity contribution in [1.82, 2.24) is 5.32 Å². The Morgan fingerprint density at radius 1 is 1.24 bits per heavy atom. The van der Waals surface area contributed by atoms with E-state index >= 15 is 0 Å². The molecule has 0 unspecified atom stereocenters. The molecule has 116 valence electrons. The molecule has 0 saturated heterocycles. The van der Waals surface area contributed by atoms with Crippen molar-refractivity contribution in [2.24, 2.45) is 10.8 Å². The number of hydrogen-bond donors (Lipinski definition) is 2. The number of thiol groups is 1. The van der Waals surface area contributed by atoms with Crippen molar-refractivity contribution < 1.29 is 4.79 Å². The summed E-state index contributed by atoms with van der Waals surface area (Å²) in [7, 11) is 0. The molecule has 0 atom stereocenters. The minimum Gasteiger partial charge on any atom is -0.349 e. The van der Waals surface area contributed by atoms with Gasteiger partial charge in [-0.25, -0.2) is 0 Å². The maximum absolute atomic E-state index is 12.5. The van der Waals surface area contributed by atoms with E-state index in [1.807, 2.05) is 0 Å². The molecule has 2 nitrogen and oxygen atoms in total. The van der Waals surface area contributed by atoms with Crippen LogP contribution in [0.5, 0.6) is 0 Å². The number of carbonyl (C=O) groups excluding carboxylic acids is 1. The standard InChI is InChI=1S/C17H24ClNOS/c1-16(2)8-11(9-17(3,4)10-16)19-15(20)13-7-12(21)5-6-14(13)18/h5-7,11,21H,8-10H2,1-4H3,(H,19,20). The fraction of sp³-hybridized carbons (Fsp3) is 0.588. The quantitative estimate of drug-likeness (QED) is 0.739. The van der Waals surface area contributed by atoms with Gasteiger partial charge in [0.2, 0.25) is 0 Å². The number of hydrogen-bond acceptors (Lipinski definition) is 2. The highest BCUT2D eigenvalue weighted by Crippen LogP contribution is 2.45. The molecule has 0 radical (unpaired) electrons. The second-order valence-corrected chi connectivity index (χ2v) is 8.67. The Morgan fingerprint density at radius 3 is 2.38 bits per heavy atom. The lowest BCUT2D eigenvalue weighted by molar-refractivity contribution is 0.0713. The number of amides is 1. The Labute approximate surface area is 138 Å². The molecular formula is C17H24ClNOS. The molecule has 0 aliphatic heterocycles. The summed E-state index contributed by atoms with van der Waals surface area (Å²) in [6.07, 6.45) is 3.18. The molecule has 4 heteroatoms. The van der Waals surface area contributed by atoms with Gasteiger partial charge in [-0.1, -0.05) is 39.3 Å². The summed E-state index contributed by atoms with van der Waals surface area (Å²) >= 11 is 10.4. The molecule has 0 spiro atoms. The summed E-state index contributed by atoms with van der Waals surface area (Å²) in [5, 5.41) is 3.63. The van der Waals surface area contributed by atoms with Crippen molar-refractivity contribution in [2.45, 2.75) is 57.9 Å². The van der Waals surface area contributed by atoms with Crippen molar-refractivity contribution in [3.63, 3.8) is 0 Å². The molecule has 0 heterocycles. The molecule has 21 heavy (non-hydrogen) atoms. The Balaban J connectivity index is 2.14. The van der Waals surface area contributed by atoms with E-state index in [1.165, 1.54) is 6.42 Å². The van der Waals surface area contributed by atoms with Crippen LogP contribution >= 0.6 is 24.2 Å². The largest absolute Gasteiger partial charge is 0.349 e. The molecular weight excluding hydrogens is 302 g/mol. The SMILES string of the molecule is CC1(C)CC(NC(=O)c2cc(S)ccc2Cl)CC(C)(C)C1. The van der Waals surface area contributed by atoms with Crippen molar-refractivity contribution >= 4 is 30.1 Å². The third-order valence-electron chi connectivity index (χ3n) is 4.08. The first-order valence-corrected chi connectivity index (χ1v) is 8.20. The molecule has 1 saturated carbocycles. The minimum absolute atomic E-state index is 0.102. The fourth-order valence-corrected chi connectivity index (χ4v) is 4.31. The third-order valence-corrected chi connectivity index (χ3v) is 4.69. The summed E-state index contributed by atoms with van der Waals surface area (Å²) in [6, 6.07) is 5.42. The van der Waals surface area contributed by atoms with Crippen LogP contribution in [0, 0.1) is 10.8 Å². The zero-order valence-corrected chi connectivity index (χ0v) is 14.8. The lowest BCUT2D eigenvalue weighted by atomic mass is 9.63. The van der Waals surface area contributed by atoms with Gasteiger partial charge in [0.25, 0.3) is 5.91 Å². The van der Waals surface area contributed by atoms with E-state index in [0.717, 1.165) is 17.7 Å². The van der Waals surface area contributed by atoms with Crippen molar-refractivity contribution in [3.8, 4) is 0 Å². The molecule has 1 amide bonds. The summed E-state index contributed by atoms with van der Waals surface area (Å²) in [4.78, 5) is 13.2. The van der Waals surface area contributed by atoms with Crippen LogP contribution < -0.4 is 5.32 Å². The first-order valence-electron chi connectivity index (χ1n) is 7.37. The Bertz CT molecular complexity index is 538. The summed E-state index contributed by atoms with van der Waals surface area (Å²) in [5.41, 5.74) is 0.995. The predicted molar refractivity (Wildman–Crippen MR) is 91.4 cm³/mol. The van der Waals surface area contributed by atoms with Crippen LogP contribution in [-0.4, -0.2) is 11.9 Å². The first-order chi connectivity index (χ1) is 9.58. The highest BCUT2D eigenvalue weighted by molar-refractivity contribution is 7.80. The van der Waals surface area contributed by atoms with Crippen molar-refractivity contribution in [2.75, 3.05) is 0 Å². The second kappa shape index (κ2) is 5.85. The van der Waals surface area contributed by atoms with Crippen LogP contribution in [0.25, 0.3) is 0 Å². The zero-order valence-electron chi connectivity index (χ0n) is 13.2.